The van der Waals surface area contributed by atoms with Gasteiger partial charge in [0.05, 0.1) is 18.3 Å². The standard InChI is InChI=1S/C13H11F3N6O3/c14-13(15,16)8-3-1-7(2-4-8)5-18-20-9(23)6-17-10-11(24)19-12(25)22-21-10/h1-5H,6H2,(H,17,21)(H,20,23)(H2,19,22,24,25)/b18-5-. The van der Waals surface area contributed by atoms with Crippen LogP contribution in [0.25, 0.3) is 0 Å². The van der Waals surface area contributed by atoms with Crippen molar-refractivity contribution in [2.24, 2.45) is 5.10 Å². The number of aromatic amines is 2. The molecule has 1 aromatic heterocycles. The molecule has 132 valence electrons. The summed E-state index contributed by atoms with van der Waals surface area (Å²) in [6.07, 6.45) is -3.27. The Kier molecular flexibility index (Phi) is 5.31. The molecule has 25 heavy (non-hydrogen) atoms. The summed E-state index contributed by atoms with van der Waals surface area (Å²) in [5.41, 5.74) is 0.0715. The van der Waals surface area contributed by atoms with Gasteiger partial charge in [0.2, 0.25) is 5.82 Å². The van der Waals surface area contributed by atoms with E-state index in [0.717, 1.165) is 18.3 Å². The van der Waals surface area contributed by atoms with Crippen molar-refractivity contribution in [2.45, 2.75) is 6.18 Å². The van der Waals surface area contributed by atoms with Crippen molar-refractivity contribution in [3.05, 3.63) is 56.2 Å². The lowest BCUT2D eigenvalue weighted by atomic mass is 10.1. The molecule has 1 amide bonds. The molecule has 0 bridgehead atoms. The van der Waals surface area contributed by atoms with Gasteiger partial charge in [-0.1, -0.05) is 12.1 Å². The number of halogens is 3. The summed E-state index contributed by atoms with van der Waals surface area (Å²) < 4.78 is 37.2. The van der Waals surface area contributed by atoms with Crippen molar-refractivity contribution < 1.29 is 18.0 Å². The second kappa shape index (κ2) is 7.42. The second-order valence-electron chi connectivity index (χ2n) is 4.62. The fourth-order valence-corrected chi connectivity index (χ4v) is 1.61. The largest absolute Gasteiger partial charge is 0.416 e. The highest BCUT2D eigenvalue weighted by Crippen LogP contribution is 2.28. The number of hydrogen-bond donors (Lipinski definition) is 4. The van der Waals surface area contributed by atoms with Crippen LogP contribution in [-0.4, -0.2) is 33.8 Å². The maximum atomic E-state index is 12.4. The number of benzene rings is 1. The van der Waals surface area contributed by atoms with Crippen molar-refractivity contribution in [2.75, 3.05) is 11.9 Å². The van der Waals surface area contributed by atoms with Gasteiger partial charge in [0.1, 0.15) is 0 Å². The van der Waals surface area contributed by atoms with Crippen molar-refractivity contribution in [3.63, 3.8) is 0 Å². The van der Waals surface area contributed by atoms with Gasteiger partial charge in [0.15, 0.2) is 0 Å². The summed E-state index contributed by atoms with van der Waals surface area (Å²) in [5, 5.41) is 11.3. The Hall–Kier alpha value is -3.44. The molecule has 1 aromatic carbocycles. The first kappa shape index (κ1) is 17.9. The molecule has 0 aliphatic carbocycles. The molecule has 2 aromatic rings. The Morgan fingerprint density at radius 3 is 2.52 bits per heavy atom. The number of alkyl halides is 3. The molecule has 0 saturated carbocycles. The van der Waals surface area contributed by atoms with Crippen LogP contribution in [0.2, 0.25) is 0 Å². The molecule has 0 aliphatic heterocycles. The van der Waals surface area contributed by atoms with Crippen LogP contribution in [-0.2, 0) is 11.0 Å². The summed E-state index contributed by atoms with van der Waals surface area (Å²) in [5.74, 6) is -0.906. The van der Waals surface area contributed by atoms with Crippen LogP contribution in [0.3, 0.4) is 0 Å². The third kappa shape index (κ3) is 5.30. The molecular weight excluding hydrogens is 345 g/mol. The van der Waals surface area contributed by atoms with E-state index in [-0.39, 0.29) is 12.4 Å². The molecule has 0 radical (unpaired) electrons. The Morgan fingerprint density at radius 2 is 1.92 bits per heavy atom. The SMILES string of the molecule is O=C(CNc1n[nH]c(=O)[nH]c1=O)N/N=C\c1ccc(C(F)(F)F)cc1. The van der Waals surface area contributed by atoms with E-state index in [9.17, 15) is 27.6 Å². The summed E-state index contributed by atoms with van der Waals surface area (Å²) in [7, 11) is 0. The van der Waals surface area contributed by atoms with Crippen LogP contribution in [0.5, 0.6) is 0 Å². The topological polar surface area (TPSA) is 132 Å². The molecule has 0 spiro atoms. The highest BCUT2D eigenvalue weighted by Gasteiger charge is 2.29. The predicted molar refractivity (Wildman–Crippen MR) is 81.1 cm³/mol. The zero-order valence-corrected chi connectivity index (χ0v) is 12.3. The monoisotopic (exact) mass is 356 g/mol. The van der Waals surface area contributed by atoms with E-state index in [2.05, 4.69) is 20.9 Å². The van der Waals surface area contributed by atoms with Gasteiger partial charge in [-0.05, 0) is 17.7 Å². The molecule has 4 N–H and O–H groups in total. The molecule has 0 atom stereocenters. The molecule has 0 fully saturated rings. The highest BCUT2D eigenvalue weighted by atomic mass is 19.4. The molecule has 0 saturated heterocycles. The molecule has 12 heteroatoms. The number of carbonyl (C=O) groups excluding carboxylic acids is 1. The summed E-state index contributed by atoms with van der Waals surface area (Å²) in [6, 6.07) is 4.17. The number of H-pyrrole nitrogens is 2. The van der Waals surface area contributed by atoms with Crippen LogP contribution in [0.1, 0.15) is 11.1 Å². The van der Waals surface area contributed by atoms with E-state index in [4.69, 9.17) is 0 Å². The van der Waals surface area contributed by atoms with Crippen LogP contribution in [0, 0.1) is 0 Å². The minimum Gasteiger partial charge on any atom is -0.355 e. The molecule has 9 nitrogen and oxygen atoms in total. The molecule has 0 unspecified atom stereocenters. The van der Waals surface area contributed by atoms with Gasteiger partial charge in [-0.25, -0.2) is 15.3 Å². The van der Waals surface area contributed by atoms with Crippen molar-refractivity contribution >= 4 is 17.9 Å². The van der Waals surface area contributed by atoms with E-state index < -0.39 is 28.9 Å². The maximum absolute atomic E-state index is 12.4. The third-order valence-corrected chi connectivity index (χ3v) is 2.77. The quantitative estimate of drug-likeness (QED) is 0.444. The van der Waals surface area contributed by atoms with Gasteiger partial charge >= 0.3 is 11.9 Å². The maximum Gasteiger partial charge on any atom is 0.416 e. The first-order valence-corrected chi connectivity index (χ1v) is 6.68. The van der Waals surface area contributed by atoms with Gasteiger partial charge in [-0.2, -0.15) is 18.3 Å². The lowest BCUT2D eigenvalue weighted by Crippen LogP contribution is -2.31. The van der Waals surface area contributed by atoms with Gasteiger partial charge in [-0.15, -0.1) is 5.10 Å². The number of nitrogens with zero attached hydrogens (tertiary/aromatic N) is 2. The Morgan fingerprint density at radius 1 is 1.24 bits per heavy atom. The molecular formula is C13H11F3N6O3. The van der Waals surface area contributed by atoms with Crippen LogP contribution in [0.4, 0.5) is 19.0 Å². The lowest BCUT2D eigenvalue weighted by molar-refractivity contribution is -0.137. The van der Waals surface area contributed by atoms with Gasteiger partial charge in [0, 0.05) is 0 Å². The summed E-state index contributed by atoms with van der Waals surface area (Å²) >= 11 is 0. The highest BCUT2D eigenvalue weighted by molar-refractivity contribution is 5.84. The molecule has 2 rings (SSSR count). The Balaban J connectivity index is 1.86. The predicted octanol–water partition coefficient (Wildman–Crippen LogP) is 0.0392. The number of hydrazone groups is 1. The normalized spacial score (nSPS) is 11.5. The third-order valence-electron chi connectivity index (χ3n) is 2.77. The number of anilines is 1. The average Bonchev–Trinajstić information content (AvgIpc) is 2.53. The summed E-state index contributed by atoms with van der Waals surface area (Å²) in [4.78, 5) is 35.5. The van der Waals surface area contributed by atoms with E-state index >= 15 is 0 Å². The van der Waals surface area contributed by atoms with E-state index in [0.29, 0.717) is 5.56 Å². The first-order chi connectivity index (χ1) is 11.8. The summed E-state index contributed by atoms with van der Waals surface area (Å²) in [6.45, 7) is -0.369. The first-order valence-electron chi connectivity index (χ1n) is 6.68. The number of hydrogen-bond acceptors (Lipinski definition) is 6. The van der Waals surface area contributed by atoms with Crippen LogP contribution < -0.4 is 22.0 Å². The van der Waals surface area contributed by atoms with E-state index in [1.54, 1.807) is 0 Å². The van der Waals surface area contributed by atoms with E-state index in [1.807, 2.05) is 10.1 Å². The lowest BCUT2D eigenvalue weighted by Gasteiger charge is -2.05. The van der Waals surface area contributed by atoms with Crippen molar-refractivity contribution in [3.8, 4) is 0 Å². The Labute approximate surface area is 137 Å². The van der Waals surface area contributed by atoms with Crippen molar-refractivity contribution in [1.29, 1.82) is 0 Å². The van der Waals surface area contributed by atoms with Crippen LogP contribution >= 0.6 is 0 Å². The molecule has 1 heterocycles. The van der Waals surface area contributed by atoms with Gasteiger partial charge in [-0.3, -0.25) is 14.6 Å². The zero-order chi connectivity index (χ0) is 18.4. The fraction of sp³-hybridized carbons (Fsp3) is 0.154. The molecule has 0 aliphatic rings. The number of amides is 1. The minimum atomic E-state index is -4.43. The number of nitrogens with one attached hydrogen (secondary N) is 4. The van der Waals surface area contributed by atoms with Gasteiger partial charge < -0.3 is 5.32 Å². The Bertz CT molecular complexity index is 885. The number of aromatic nitrogens is 3. The minimum absolute atomic E-state index is 0.263. The number of rotatable bonds is 5. The van der Waals surface area contributed by atoms with Crippen molar-refractivity contribution in [1.82, 2.24) is 20.6 Å². The van der Waals surface area contributed by atoms with Crippen LogP contribution in [0.15, 0.2) is 39.0 Å². The van der Waals surface area contributed by atoms with E-state index in [1.165, 1.54) is 12.1 Å². The zero-order valence-electron chi connectivity index (χ0n) is 12.3. The fourth-order valence-electron chi connectivity index (χ4n) is 1.61. The van der Waals surface area contributed by atoms with Gasteiger partial charge in [0.25, 0.3) is 11.5 Å². The number of carbonyl (C=O) groups is 1. The second-order valence-corrected chi connectivity index (χ2v) is 4.62. The average molecular weight is 356 g/mol. The smallest absolute Gasteiger partial charge is 0.355 e.